The average Bonchev–Trinajstić information content (AvgIpc) is 3.28. The number of aromatic nitrogens is 1. The summed E-state index contributed by atoms with van der Waals surface area (Å²) in [6.45, 7) is 11.4. The van der Waals surface area contributed by atoms with E-state index in [1.54, 1.807) is 0 Å². The Morgan fingerprint density at radius 1 is 0.886 bits per heavy atom. The Labute approximate surface area is 209 Å². The third-order valence-electron chi connectivity index (χ3n) is 8.28. The minimum absolute atomic E-state index is 0.230. The van der Waals surface area contributed by atoms with Crippen molar-refractivity contribution in [2.24, 2.45) is 18.4 Å². The van der Waals surface area contributed by atoms with E-state index in [2.05, 4.69) is 88.7 Å². The monoisotopic (exact) mass is 464 g/mol. The van der Waals surface area contributed by atoms with Gasteiger partial charge in [0.25, 0.3) is 5.69 Å². The number of aryl methyl sites for hydroxylation is 2. The van der Waals surface area contributed by atoms with Crippen LogP contribution >= 0.6 is 0 Å². The molecule has 2 aliphatic rings. The summed E-state index contributed by atoms with van der Waals surface area (Å²) in [5, 5.41) is 3.82. The lowest BCUT2D eigenvalue weighted by Gasteiger charge is -2.25. The van der Waals surface area contributed by atoms with Crippen molar-refractivity contribution in [2.75, 3.05) is 0 Å². The van der Waals surface area contributed by atoms with Gasteiger partial charge < -0.3 is 4.74 Å². The van der Waals surface area contributed by atoms with Gasteiger partial charge in [-0.25, -0.2) is 0 Å². The van der Waals surface area contributed by atoms with Crippen LogP contribution in [0.15, 0.2) is 42.5 Å². The summed E-state index contributed by atoms with van der Waals surface area (Å²) in [5.74, 6) is 2.84. The largest absolute Gasteiger partial charge is 0.450 e. The van der Waals surface area contributed by atoms with Crippen molar-refractivity contribution in [1.82, 2.24) is 0 Å². The van der Waals surface area contributed by atoms with E-state index >= 15 is 0 Å². The zero-order chi connectivity index (χ0) is 24.5. The minimum Gasteiger partial charge on any atom is -0.450 e. The highest BCUT2D eigenvalue weighted by molar-refractivity contribution is 6.05. The van der Waals surface area contributed by atoms with Gasteiger partial charge in [-0.05, 0) is 77.8 Å². The predicted molar refractivity (Wildman–Crippen MR) is 146 cm³/mol. The molecule has 180 valence electrons. The van der Waals surface area contributed by atoms with Gasteiger partial charge >= 0.3 is 0 Å². The van der Waals surface area contributed by atoms with E-state index in [9.17, 15) is 0 Å². The fraction of sp³-hybridized carbons (Fsp3) is 0.424. The predicted octanol–water partition coefficient (Wildman–Crippen LogP) is 8.53. The van der Waals surface area contributed by atoms with Crippen molar-refractivity contribution in [3.8, 4) is 22.8 Å². The average molecular weight is 465 g/mol. The Balaban J connectivity index is 1.55. The number of fused-ring (bicyclic) bond motifs is 3. The van der Waals surface area contributed by atoms with Gasteiger partial charge in [-0.15, -0.1) is 0 Å². The molecular formula is C33H38NO+. The molecule has 2 heterocycles. The molecule has 1 aliphatic heterocycles. The second-order valence-corrected chi connectivity index (χ2v) is 12.4. The van der Waals surface area contributed by atoms with Crippen LogP contribution in [0.2, 0.25) is 0 Å². The first-order valence-electron chi connectivity index (χ1n) is 13.4. The van der Waals surface area contributed by atoms with Gasteiger partial charge in [0, 0.05) is 17.5 Å². The number of pyridine rings is 1. The van der Waals surface area contributed by atoms with Crippen molar-refractivity contribution in [1.29, 1.82) is 0 Å². The summed E-state index contributed by atoms with van der Waals surface area (Å²) in [4.78, 5) is 0. The van der Waals surface area contributed by atoms with E-state index in [0.717, 1.165) is 23.8 Å². The molecule has 0 spiro atoms. The molecule has 0 bridgehead atoms. The van der Waals surface area contributed by atoms with Crippen LogP contribution in [0.1, 0.15) is 68.7 Å². The van der Waals surface area contributed by atoms with E-state index in [4.69, 9.17) is 4.74 Å². The van der Waals surface area contributed by atoms with E-state index < -0.39 is 0 Å². The van der Waals surface area contributed by atoms with Gasteiger partial charge in [0.15, 0.2) is 5.75 Å². The second-order valence-electron chi connectivity index (χ2n) is 12.4. The summed E-state index contributed by atoms with van der Waals surface area (Å²) in [6, 6.07) is 16.4. The number of rotatable bonds is 3. The molecule has 3 aromatic carbocycles. The highest BCUT2D eigenvalue weighted by Gasteiger charge is 2.32. The third-order valence-corrected chi connectivity index (χ3v) is 8.28. The first kappa shape index (κ1) is 22.6. The fourth-order valence-corrected chi connectivity index (χ4v) is 6.58. The first-order valence-corrected chi connectivity index (χ1v) is 13.4. The topological polar surface area (TPSA) is 13.1 Å². The zero-order valence-corrected chi connectivity index (χ0v) is 22.2. The maximum absolute atomic E-state index is 6.74. The van der Waals surface area contributed by atoms with Gasteiger partial charge in [-0.1, -0.05) is 64.7 Å². The molecule has 6 rings (SSSR count). The van der Waals surface area contributed by atoms with Crippen LogP contribution in [0.5, 0.6) is 11.5 Å². The Hall–Kier alpha value is -2.87. The molecule has 0 atom stereocenters. The number of ether oxygens (including phenoxy) is 1. The Kier molecular flexibility index (Phi) is 5.22. The summed E-state index contributed by atoms with van der Waals surface area (Å²) in [5.41, 5.74) is 9.52. The van der Waals surface area contributed by atoms with Gasteiger partial charge in [-0.3, -0.25) is 0 Å². The van der Waals surface area contributed by atoms with Crippen LogP contribution in [0, 0.1) is 25.2 Å². The van der Waals surface area contributed by atoms with Crippen LogP contribution in [-0.4, -0.2) is 0 Å². The lowest BCUT2D eigenvalue weighted by atomic mass is 9.85. The van der Waals surface area contributed by atoms with Gasteiger partial charge in [0.05, 0.1) is 10.9 Å². The summed E-state index contributed by atoms with van der Waals surface area (Å²) < 4.78 is 9.10. The Morgan fingerprint density at radius 3 is 2.37 bits per heavy atom. The lowest BCUT2D eigenvalue weighted by molar-refractivity contribution is -0.633. The van der Waals surface area contributed by atoms with E-state index in [0.29, 0.717) is 0 Å². The molecule has 1 aliphatic carbocycles. The number of hydrogen-bond donors (Lipinski definition) is 0. The van der Waals surface area contributed by atoms with Crippen LogP contribution in [-0.2, 0) is 19.9 Å². The molecule has 35 heavy (non-hydrogen) atoms. The molecular weight excluding hydrogens is 426 g/mol. The lowest BCUT2D eigenvalue weighted by Crippen LogP contribution is -2.33. The molecule has 1 saturated carbocycles. The molecule has 2 nitrogen and oxygen atoms in total. The molecule has 2 heteroatoms. The van der Waals surface area contributed by atoms with Crippen molar-refractivity contribution in [3.05, 3.63) is 64.7 Å². The second kappa shape index (κ2) is 8.08. The molecule has 0 amide bonds. The zero-order valence-electron chi connectivity index (χ0n) is 22.2. The smallest absolute Gasteiger partial charge is 0.256 e. The van der Waals surface area contributed by atoms with Gasteiger partial charge in [0.1, 0.15) is 12.8 Å². The third kappa shape index (κ3) is 3.92. The van der Waals surface area contributed by atoms with Crippen LogP contribution in [0.4, 0.5) is 0 Å². The molecule has 0 N–H and O–H groups in total. The molecule has 1 aromatic heterocycles. The molecule has 4 aromatic rings. The highest BCUT2D eigenvalue weighted by Crippen LogP contribution is 2.49. The van der Waals surface area contributed by atoms with Crippen LogP contribution in [0.25, 0.3) is 32.9 Å². The molecule has 1 fully saturated rings. The molecule has 0 unspecified atom stereocenters. The quantitative estimate of drug-likeness (QED) is 0.244. The van der Waals surface area contributed by atoms with Crippen molar-refractivity contribution >= 4 is 21.7 Å². The van der Waals surface area contributed by atoms with E-state index in [1.165, 1.54) is 87.3 Å². The van der Waals surface area contributed by atoms with Crippen molar-refractivity contribution in [2.45, 2.75) is 73.1 Å². The molecule has 0 saturated heterocycles. The first-order chi connectivity index (χ1) is 16.7. The standard InChI is InChI=1S/C33H38NO/c1-20-13-26-16-24(19-33(3,4)5)17-28-31(26)30(21(20)2)32-29(35-28)18-25-15-23(11-12-27(25)34(32)6)14-22-9-7-8-10-22/h11-13,15-18,22H,7-10,14,19H2,1-6H3/q+1. The highest BCUT2D eigenvalue weighted by atomic mass is 16.5. The van der Waals surface area contributed by atoms with Crippen LogP contribution in [0.3, 0.4) is 0 Å². The minimum atomic E-state index is 0.230. The number of nitrogens with zero attached hydrogens (tertiary/aromatic N) is 1. The Bertz CT molecular complexity index is 1480. The van der Waals surface area contributed by atoms with Crippen LogP contribution < -0.4 is 9.30 Å². The van der Waals surface area contributed by atoms with Crippen molar-refractivity contribution < 1.29 is 9.30 Å². The number of hydrogen-bond acceptors (Lipinski definition) is 1. The maximum atomic E-state index is 6.74. The van der Waals surface area contributed by atoms with Gasteiger partial charge in [-0.2, -0.15) is 4.57 Å². The van der Waals surface area contributed by atoms with Crippen molar-refractivity contribution in [3.63, 3.8) is 0 Å². The summed E-state index contributed by atoms with van der Waals surface area (Å²) in [6.07, 6.45) is 7.80. The summed E-state index contributed by atoms with van der Waals surface area (Å²) in [7, 11) is 2.20. The maximum Gasteiger partial charge on any atom is 0.256 e. The molecule has 0 radical (unpaired) electrons. The summed E-state index contributed by atoms with van der Waals surface area (Å²) >= 11 is 0. The normalized spacial score (nSPS) is 15.6. The van der Waals surface area contributed by atoms with E-state index in [1.807, 2.05) is 0 Å². The SMILES string of the molecule is Cc1cc2cc(CC(C)(C)C)cc3c2c(c1C)-c1c(cc2cc(CC4CCCC4)ccc2[n+]1C)O3. The Morgan fingerprint density at radius 2 is 1.63 bits per heavy atom. The van der Waals surface area contributed by atoms with Gasteiger partial charge in [0.2, 0.25) is 5.52 Å². The fourth-order valence-electron chi connectivity index (χ4n) is 6.58. The number of benzene rings is 3. The van der Waals surface area contributed by atoms with E-state index in [-0.39, 0.29) is 5.41 Å².